The van der Waals surface area contributed by atoms with Crippen molar-refractivity contribution in [1.82, 2.24) is 0 Å². The van der Waals surface area contributed by atoms with Gasteiger partial charge in [0.1, 0.15) is 0 Å². The Labute approximate surface area is 82.9 Å². The number of aliphatic carboxylic acids is 1. The maximum atomic E-state index is 10.7. The highest BCUT2D eigenvalue weighted by molar-refractivity contribution is 5.72. The van der Waals surface area contributed by atoms with E-state index in [2.05, 4.69) is 0 Å². The number of carbonyl (C=O) groups is 1. The van der Waals surface area contributed by atoms with Crippen molar-refractivity contribution in [1.29, 1.82) is 0 Å². The van der Waals surface area contributed by atoms with Crippen LogP contribution in [0, 0.1) is 5.92 Å². The minimum atomic E-state index is -0.951. The first-order chi connectivity index (χ1) is 6.68. The third kappa shape index (κ3) is 1.77. The van der Waals surface area contributed by atoms with Crippen LogP contribution in [0.25, 0.3) is 0 Å². The van der Waals surface area contributed by atoms with Crippen LogP contribution in [0.1, 0.15) is 32.1 Å². The van der Waals surface area contributed by atoms with E-state index in [0.717, 1.165) is 25.7 Å². The molecule has 2 fully saturated rings. The molecule has 1 aliphatic carbocycles. The fourth-order valence-electron chi connectivity index (χ4n) is 2.55. The predicted molar refractivity (Wildman–Crippen MR) is 48.9 cm³/mol. The summed E-state index contributed by atoms with van der Waals surface area (Å²) in [5.41, 5.74) is 0. The van der Waals surface area contributed by atoms with Crippen molar-refractivity contribution in [2.24, 2.45) is 5.92 Å². The van der Waals surface area contributed by atoms with Crippen molar-refractivity contribution in [3.63, 3.8) is 0 Å². The van der Waals surface area contributed by atoms with Gasteiger partial charge in [0.2, 0.25) is 0 Å². The SMILES string of the molecule is O=C(O)[C@@H]1C[C@H](O)C2CCCCC2O1. The summed E-state index contributed by atoms with van der Waals surface area (Å²) >= 11 is 0. The monoisotopic (exact) mass is 200 g/mol. The smallest absolute Gasteiger partial charge is 0.332 e. The van der Waals surface area contributed by atoms with Gasteiger partial charge in [-0.05, 0) is 12.8 Å². The Morgan fingerprint density at radius 2 is 2.00 bits per heavy atom. The fraction of sp³-hybridized carbons (Fsp3) is 0.900. The van der Waals surface area contributed by atoms with Crippen LogP contribution < -0.4 is 0 Å². The molecular formula is C10H16O4. The third-order valence-corrected chi connectivity index (χ3v) is 3.32. The van der Waals surface area contributed by atoms with E-state index in [1.165, 1.54) is 0 Å². The Morgan fingerprint density at radius 1 is 1.29 bits per heavy atom. The van der Waals surface area contributed by atoms with E-state index in [0.29, 0.717) is 0 Å². The summed E-state index contributed by atoms with van der Waals surface area (Å²) in [6.45, 7) is 0. The number of hydrogen-bond acceptors (Lipinski definition) is 3. The molecule has 4 heteroatoms. The standard InChI is InChI=1S/C10H16O4/c11-7-5-9(10(12)13)14-8-4-2-1-3-6(7)8/h6-9,11H,1-5H2,(H,12,13)/t6?,7-,8?,9-/m0/s1. The highest BCUT2D eigenvalue weighted by Gasteiger charge is 2.41. The Bertz CT molecular complexity index is 228. The van der Waals surface area contributed by atoms with Crippen molar-refractivity contribution in [2.75, 3.05) is 0 Å². The van der Waals surface area contributed by atoms with Gasteiger partial charge in [0.25, 0.3) is 0 Å². The van der Waals surface area contributed by atoms with Gasteiger partial charge in [-0.15, -0.1) is 0 Å². The number of aliphatic hydroxyl groups is 1. The molecule has 2 N–H and O–H groups in total. The molecule has 1 heterocycles. The summed E-state index contributed by atoms with van der Waals surface area (Å²) in [4.78, 5) is 10.7. The average molecular weight is 200 g/mol. The molecule has 0 aromatic rings. The van der Waals surface area contributed by atoms with E-state index in [-0.39, 0.29) is 18.4 Å². The lowest BCUT2D eigenvalue weighted by molar-refractivity contribution is -0.181. The molecule has 4 atom stereocenters. The molecule has 2 aliphatic rings. The van der Waals surface area contributed by atoms with Crippen molar-refractivity contribution in [2.45, 2.75) is 50.4 Å². The number of aliphatic hydroxyl groups excluding tert-OH is 1. The molecule has 2 rings (SSSR count). The van der Waals surface area contributed by atoms with Gasteiger partial charge in [0.15, 0.2) is 6.10 Å². The van der Waals surface area contributed by atoms with Crippen molar-refractivity contribution < 1.29 is 19.7 Å². The highest BCUT2D eigenvalue weighted by atomic mass is 16.5. The summed E-state index contributed by atoms with van der Waals surface area (Å²) in [5.74, 6) is -0.785. The van der Waals surface area contributed by atoms with E-state index in [1.54, 1.807) is 0 Å². The van der Waals surface area contributed by atoms with E-state index in [4.69, 9.17) is 9.84 Å². The molecule has 0 spiro atoms. The number of rotatable bonds is 1. The second-order valence-electron chi connectivity index (χ2n) is 4.25. The second kappa shape index (κ2) is 3.87. The lowest BCUT2D eigenvalue weighted by atomic mass is 9.79. The minimum Gasteiger partial charge on any atom is -0.479 e. The van der Waals surface area contributed by atoms with Crippen LogP contribution in [0.15, 0.2) is 0 Å². The molecule has 14 heavy (non-hydrogen) atoms. The minimum absolute atomic E-state index is 0.0337. The van der Waals surface area contributed by atoms with Crippen LogP contribution in [-0.4, -0.2) is 34.5 Å². The van der Waals surface area contributed by atoms with Gasteiger partial charge in [0, 0.05) is 12.3 Å². The first-order valence-electron chi connectivity index (χ1n) is 5.25. The largest absolute Gasteiger partial charge is 0.479 e. The van der Waals surface area contributed by atoms with E-state index in [1.807, 2.05) is 0 Å². The zero-order chi connectivity index (χ0) is 10.1. The summed E-state index contributed by atoms with van der Waals surface area (Å²) < 4.78 is 5.46. The molecule has 1 saturated heterocycles. The van der Waals surface area contributed by atoms with E-state index < -0.39 is 18.2 Å². The van der Waals surface area contributed by atoms with Crippen LogP contribution in [0.5, 0.6) is 0 Å². The zero-order valence-corrected chi connectivity index (χ0v) is 8.06. The topological polar surface area (TPSA) is 66.8 Å². The Hall–Kier alpha value is -0.610. The van der Waals surface area contributed by atoms with Gasteiger partial charge in [-0.2, -0.15) is 0 Å². The first-order valence-corrected chi connectivity index (χ1v) is 5.25. The molecule has 0 amide bonds. The van der Waals surface area contributed by atoms with Gasteiger partial charge < -0.3 is 14.9 Å². The maximum absolute atomic E-state index is 10.7. The van der Waals surface area contributed by atoms with E-state index >= 15 is 0 Å². The van der Waals surface area contributed by atoms with Crippen LogP contribution in [0.4, 0.5) is 0 Å². The Kier molecular flexibility index (Phi) is 2.74. The molecule has 1 aliphatic heterocycles. The molecule has 0 aromatic carbocycles. The molecule has 4 nitrogen and oxygen atoms in total. The first kappa shape index (κ1) is 9.93. The van der Waals surface area contributed by atoms with Crippen LogP contribution in [0.3, 0.4) is 0 Å². The molecule has 0 aromatic heterocycles. The molecule has 1 saturated carbocycles. The molecule has 0 bridgehead atoms. The predicted octanol–water partition coefficient (Wildman–Crippen LogP) is 0.780. The number of ether oxygens (including phenoxy) is 1. The number of hydrogen-bond donors (Lipinski definition) is 2. The molecule has 2 unspecified atom stereocenters. The quantitative estimate of drug-likeness (QED) is 0.656. The van der Waals surface area contributed by atoms with Crippen molar-refractivity contribution in [3.8, 4) is 0 Å². The number of fused-ring (bicyclic) bond motifs is 1. The fourth-order valence-corrected chi connectivity index (χ4v) is 2.55. The summed E-state index contributed by atoms with van der Waals surface area (Å²) in [7, 11) is 0. The van der Waals surface area contributed by atoms with E-state index in [9.17, 15) is 9.90 Å². The van der Waals surface area contributed by atoms with Crippen molar-refractivity contribution >= 4 is 5.97 Å². The second-order valence-corrected chi connectivity index (χ2v) is 4.25. The van der Waals surface area contributed by atoms with Crippen LogP contribution in [-0.2, 0) is 9.53 Å². The van der Waals surface area contributed by atoms with Gasteiger partial charge >= 0.3 is 5.97 Å². The highest BCUT2D eigenvalue weighted by Crippen LogP contribution is 2.35. The van der Waals surface area contributed by atoms with Crippen LogP contribution >= 0.6 is 0 Å². The normalized spacial score (nSPS) is 42.9. The number of carboxylic acid groups (broad SMARTS) is 1. The zero-order valence-electron chi connectivity index (χ0n) is 8.06. The lowest BCUT2D eigenvalue weighted by Crippen LogP contribution is -2.48. The van der Waals surface area contributed by atoms with Gasteiger partial charge in [-0.1, -0.05) is 12.8 Å². The molecule has 0 radical (unpaired) electrons. The molecular weight excluding hydrogens is 184 g/mol. The van der Waals surface area contributed by atoms with Gasteiger partial charge in [-0.3, -0.25) is 0 Å². The van der Waals surface area contributed by atoms with Crippen molar-refractivity contribution in [3.05, 3.63) is 0 Å². The third-order valence-electron chi connectivity index (χ3n) is 3.32. The maximum Gasteiger partial charge on any atom is 0.332 e. The molecule has 80 valence electrons. The summed E-state index contributed by atoms with van der Waals surface area (Å²) in [6.07, 6.45) is 2.99. The lowest BCUT2D eigenvalue weighted by Gasteiger charge is -2.41. The average Bonchev–Trinajstić information content (AvgIpc) is 2.17. The summed E-state index contributed by atoms with van der Waals surface area (Å²) in [6, 6.07) is 0. The number of carboxylic acids is 1. The Balaban J connectivity index is 2.04. The Morgan fingerprint density at radius 3 is 2.71 bits per heavy atom. The van der Waals surface area contributed by atoms with Gasteiger partial charge in [0.05, 0.1) is 12.2 Å². The van der Waals surface area contributed by atoms with Crippen LogP contribution in [0.2, 0.25) is 0 Å². The summed E-state index contributed by atoms with van der Waals surface area (Å²) in [5, 5.41) is 18.6. The van der Waals surface area contributed by atoms with Gasteiger partial charge in [-0.25, -0.2) is 4.79 Å².